The van der Waals surface area contributed by atoms with Crippen molar-refractivity contribution in [3.8, 4) is 0 Å². The Balaban J connectivity index is 2.14. The topological polar surface area (TPSA) is 48.6 Å². The van der Waals surface area contributed by atoms with E-state index in [1.165, 1.54) is 12.1 Å². The molecule has 0 fully saturated rings. The molecule has 3 aromatic rings. The summed E-state index contributed by atoms with van der Waals surface area (Å²) in [6, 6.07) is 7.92. The number of nitrogens with one attached hydrogen (secondary N) is 2. The number of aromatic amines is 2. The molecule has 0 aliphatic carbocycles. The average molecular weight is 434 g/mol. The van der Waals surface area contributed by atoms with Gasteiger partial charge in [-0.1, -0.05) is 49.5 Å². The molecule has 0 aliphatic heterocycles. The maximum Gasteiger partial charge on any atom is 0.323 e. The zero-order valence-electron chi connectivity index (χ0n) is 10.4. The second kappa shape index (κ2) is 5.59. The SMILES string of the molecule is O=c1[nH]c2cc(Br)c(C(Br)c3ccc(F)cc3Cl)cc2[nH]1. The van der Waals surface area contributed by atoms with Crippen molar-refractivity contribution in [2.24, 2.45) is 0 Å². The van der Waals surface area contributed by atoms with Gasteiger partial charge in [0.15, 0.2) is 0 Å². The summed E-state index contributed by atoms with van der Waals surface area (Å²) >= 11 is 13.2. The molecule has 1 aromatic heterocycles. The normalized spacial score (nSPS) is 12.8. The van der Waals surface area contributed by atoms with Crippen LogP contribution in [0.25, 0.3) is 11.0 Å². The van der Waals surface area contributed by atoms with Crippen molar-refractivity contribution >= 4 is 54.5 Å². The fraction of sp³-hybridized carbons (Fsp3) is 0.0714. The van der Waals surface area contributed by atoms with Gasteiger partial charge in [0, 0.05) is 9.50 Å². The smallest absolute Gasteiger partial charge is 0.306 e. The largest absolute Gasteiger partial charge is 0.323 e. The first-order valence-corrected chi connectivity index (χ1v) is 8.05. The van der Waals surface area contributed by atoms with E-state index >= 15 is 0 Å². The molecule has 0 spiro atoms. The molecule has 1 heterocycles. The molecular weight excluding hydrogens is 426 g/mol. The molecule has 2 aromatic carbocycles. The van der Waals surface area contributed by atoms with Crippen LogP contribution in [0.5, 0.6) is 0 Å². The lowest BCUT2D eigenvalue weighted by molar-refractivity contribution is 0.627. The van der Waals surface area contributed by atoms with Crippen molar-refractivity contribution in [1.29, 1.82) is 0 Å². The lowest BCUT2D eigenvalue weighted by Crippen LogP contribution is -1.99. The maximum atomic E-state index is 13.2. The summed E-state index contributed by atoms with van der Waals surface area (Å²) in [5.41, 5.74) is 2.77. The molecule has 1 atom stereocenters. The molecule has 7 heteroatoms. The highest BCUT2D eigenvalue weighted by atomic mass is 79.9. The molecule has 0 amide bonds. The summed E-state index contributed by atoms with van der Waals surface area (Å²) in [5.74, 6) is -0.382. The first-order chi connectivity index (χ1) is 9.95. The van der Waals surface area contributed by atoms with E-state index in [1.54, 1.807) is 6.07 Å². The first-order valence-electron chi connectivity index (χ1n) is 5.96. The van der Waals surface area contributed by atoms with Crippen LogP contribution >= 0.6 is 43.5 Å². The van der Waals surface area contributed by atoms with Crippen molar-refractivity contribution in [3.05, 3.63) is 67.3 Å². The maximum absolute atomic E-state index is 13.2. The molecule has 0 saturated heterocycles. The Bertz CT molecular complexity index is 890. The number of halogens is 4. The van der Waals surface area contributed by atoms with Gasteiger partial charge < -0.3 is 9.97 Å². The number of H-pyrrole nitrogens is 2. The predicted molar refractivity (Wildman–Crippen MR) is 88.8 cm³/mol. The van der Waals surface area contributed by atoms with Crippen LogP contribution in [0.4, 0.5) is 4.39 Å². The number of hydrogen-bond donors (Lipinski definition) is 2. The molecule has 3 nitrogen and oxygen atoms in total. The Hall–Kier alpha value is -1.11. The Labute approximate surface area is 140 Å². The second-order valence-electron chi connectivity index (χ2n) is 4.53. The highest BCUT2D eigenvalue weighted by Crippen LogP contribution is 2.39. The van der Waals surface area contributed by atoms with Gasteiger partial charge in [-0.15, -0.1) is 0 Å². The molecule has 21 heavy (non-hydrogen) atoms. The van der Waals surface area contributed by atoms with Gasteiger partial charge in [0.2, 0.25) is 0 Å². The van der Waals surface area contributed by atoms with Crippen LogP contribution in [0.15, 0.2) is 39.6 Å². The molecule has 1 unspecified atom stereocenters. The Morgan fingerprint density at radius 1 is 1.10 bits per heavy atom. The zero-order valence-corrected chi connectivity index (χ0v) is 14.3. The van der Waals surface area contributed by atoms with E-state index in [-0.39, 0.29) is 16.3 Å². The van der Waals surface area contributed by atoms with E-state index in [2.05, 4.69) is 41.8 Å². The van der Waals surface area contributed by atoms with Crippen LogP contribution in [0, 0.1) is 5.82 Å². The standard InChI is InChI=1S/C14H8Br2ClFN2O/c15-9-5-12-11(19-14(21)20-12)4-8(9)13(16)7-2-1-6(18)3-10(7)17/h1-5,13H,(H2,19,20,21). The summed E-state index contributed by atoms with van der Waals surface area (Å²) in [6.07, 6.45) is 0. The summed E-state index contributed by atoms with van der Waals surface area (Å²) in [6.45, 7) is 0. The van der Waals surface area contributed by atoms with E-state index in [1.807, 2.05) is 12.1 Å². The highest BCUT2D eigenvalue weighted by molar-refractivity contribution is 9.11. The fourth-order valence-corrected chi connectivity index (χ4v) is 4.21. The van der Waals surface area contributed by atoms with E-state index in [0.717, 1.165) is 15.6 Å². The second-order valence-corrected chi connectivity index (χ2v) is 6.70. The van der Waals surface area contributed by atoms with Gasteiger partial charge >= 0.3 is 5.69 Å². The molecular formula is C14H8Br2ClFN2O. The van der Waals surface area contributed by atoms with Crippen LogP contribution in [0.3, 0.4) is 0 Å². The third-order valence-corrected chi connectivity index (χ3v) is 5.14. The summed E-state index contributed by atoms with van der Waals surface area (Å²) < 4.78 is 14.0. The van der Waals surface area contributed by atoms with E-state index in [9.17, 15) is 9.18 Å². The number of fused-ring (bicyclic) bond motifs is 1. The minimum Gasteiger partial charge on any atom is -0.306 e. The lowest BCUT2D eigenvalue weighted by Gasteiger charge is -2.14. The van der Waals surface area contributed by atoms with Crippen LogP contribution in [0.2, 0.25) is 5.02 Å². The summed E-state index contributed by atoms with van der Waals surface area (Å²) in [7, 11) is 0. The molecule has 108 valence electrons. The van der Waals surface area contributed by atoms with Gasteiger partial charge in [-0.25, -0.2) is 9.18 Å². The van der Waals surface area contributed by atoms with Gasteiger partial charge in [0.1, 0.15) is 5.82 Å². The molecule has 0 saturated carbocycles. The van der Waals surface area contributed by atoms with Crippen LogP contribution in [0.1, 0.15) is 16.0 Å². The third kappa shape index (κ3) is 2.80. The Morgan fingerprint density at radius 2 is 1.76 bits per heavy atom. The van der Waals surface area contributed by atoms with Crippen molar-refractivity contribution < 1.29 is 4.39 Å². The summed E-state index contributed by atoms with van der Waals surface area (Å²) in [5, 5.41) is 0.339. The fourth-order valence-electron chi connectivity index (χ4n) is 2.14. The minimum atomic E-state index is -0.382. The predicted octanol–water partition coefficient (Wildman–Crippen LogP) is 4.90. The minimum absolute atomic E-state index is 0.234. The number of imidazole rings is 1. The zero-order chi connectivity index (χ0) is 15.1. The number of benzene rings is 2. The first kappa shape index (κ1) is 14.8. The van der Waals surface area contributed by atoms with E-state index in [4.69, 9.17) is 11.6 Å². The van der Waals surface area contributed by atoms with Crippen molar-refractivity contribution in [1.82, 2.24) is 9.97 Å². The van der Waals surface area contributed by atoms with Crippen molar-refractivity contribution in [2.75, 3.05) is 0 Å². The summed E-state index contributed by atoms with van der Waals surface area (Å²) in [4.78, 5) is 16.5. The van der Waals surface area contributed by atoms with Gasteiger partial charge in [-0.2, -0.15) is 0 Å². The van der Waals surface area contributed by atoms with Crippen LogP contribution < -0.4 is 5.69 Å². The average Bonchev–Trinajstić information content (AvgIpc) is 2.76. The lowest BCUT2D eigenvalue weighted by atomic mass is 10.0. The van der Waals surface area contributed by atoms with Crippen molar-refractivity contribution in [3.63, 3.8) is 0 Å². The number of hydrogen-bond acceptors (Lipinski definition) is 1. The molecule has 0 aliphatic rings. The molecule has 0 bridgehead atoms. The number of rotatable bonds is 2. The van der Waals surface area contributed by atoms with Gasteiger partial charge in [0.05, 0.1) is 15.9 Å². The van der Waals surface area contributed by atoms with Gasteiger partial charge in [-0.05, 0) is 35.4 Å². The molecule has 3 rings (SSSR count). The monoisotopic (exact) mass is 432 g/mol. The number of aromatic nitrogens is 2. The van der Waals surface area contributed by atoms with Crippen LogP contribution in [-0.2, 0) is 0 Å². The van der Waals surface area contributed by atoms with Crippen LogP contribution in [-0.4, -0.2) is 9.97 Å². The van der Waals surface area contributed by atoms with Gasteiger partial charge in [-0.3, -0.25) is 0 Å². The quantitative estimate of drug-likeness (QED) is 0.554. The van der Waals surface area contributed by atoms with E-state index in [0.29, 0.717) is 16.1 Å². The Kier molecular flexibility index (Phi) is 3.94. The number of alkyl halides is 1. The van der Waals surface area contributed by atoms with Gasteiger partial charge in [0.25, 0.3) is 0 Å². The Morgan fingerprint density at radius 3 is 2.43 bits per heavy atom. The van der Waals surface area contributed by atoms with E-state index < -0.39 is 0 Å². The van der Waals surface area contributed by atoms with Crippen molar-refractivity contribution in [2.45, 2.75) is 4.83 Å². The third-order valence-electron chi connectivity index (χ3n) is 3.14. The highest BCUT2D eigenvalue weighted by Gasteiger charge is 2.18. The molecule has 0 radical (unpaired) electrons. The molecule has 2 N–H and O–H groups in total.